The summed E-state index contributed by atoms with van der Waals surface area (Å²) < 4.78 is 38.0. The number of aliphatic carboxylic acids is 1. The molecule has 0 bridgehead atoms. The van der Waals surface area contributed by atoms with Gasteiger partial charge in [0.2, 0.25) is 5.91 Å². The van der Waals surface area contributed by atoms with E-state index in [9.17, 15) is 27.9 Å². The number of rotatable bonds is 6. The van der Waals surface area contributed by atoms with Crippen LogP contribution in [0.1, 0.15) is 25.8 Å². The number of amides is 1. The van der Waals surface area contributed by atoms with Gasteiger partial charge in [-0.15, -0.1) is 0 Å². The molecular weight excluding hydrogens is 377 g/mol. The summed E-state index contributed by atoms with van der Waals surface area (Å²) in [7, 11) is 0. The molecule has 0 radical (unpaired) electrons. The van der Waals surface area contributed by atoms with Crippen LogP contribution in [-0.2, 0) is 15.8 Å². The molecule has 0 aliphatic carbocycles. The van der Waals surface area contributed by atoms with E-state index in [4.69, 9.17) is 5.11 Å². The zero-order chi connectivity index (χ0) is 21.1. The summed E-state index contributed by atoms with van der Waals surface area (Å²) in [6, 6.07) is 4.84. The minimum atomic E-state index is -4.39. The zero-order valence-corrected chi connectivity index (χ0v) is 15.8. The van der Waals surface area contributed by atoms with Crippen molar-refractivity contribution in [2.75, 3.05) is 31.1 Å². The Morgan fingerprint density at radius 2 is 1.61 bits per heavy atom. The lowest BCUT2D eigenvalue weighted by atomic mass is 9.90. The SMILES string of the molecule is CC(C)C[C@H](C(=O)N1CCN(c2ccc(C(F)(F)F)cc2)CC1)[C@@H](O)C(=O)O. The van der Waals surface area contributed by atoms with Crippen molar-refractivity contribution in [1.29, 1.82) is 0 Å². The van der Waals surface area contributed by atoms with Crippen molar-refractivity contribution < 1.29 is 33.0 Å². The highest BCUT2D eigenvalue weighted by Gasteiger charge is 2.36. The number of nitrogens with zero attached hydrogens (tertiary/aromatic N) is 2. The number of piperazine rings is 1. The Morgan fingerprint density at radius 1 is 1.07 bits per heavy atom. The van der Waals surface area contributed by atoms with Gasteiger partial charge in [-0.3, -0.25) is 4.79 Å². The van der Waals surface area contributed by atoms with Crippen molar-refractivity contribution in [1.82, 2.24) is 4.90 Å². The Kier molecular flexibility index (Phi) is 6.92. The van der Waals surface area contributed by atoms with E-state index >= 15 is 0 Å². The number of benzene rings is 1. The van der Waals surface area contributed by atoms with E-state index in [0.29, 0.717) is 31.9 Å². The molecular formula is C19H25F3N2O4. The van der Waals surface area contributed by atoms with E-state index in [0.717, 1.165) is 12.1 Å². The molecule has 2 N–H and O–H groups in total. The van der Waals surface area contributed by atoms with Crippen LogP contribution in [0.15, 0.2) is 24.3 Å². The smallest absolute Gasteiger partial charge is 0.416 e. The number of hydrogen-bond donors (Lipinski definition) is 2. The Balaban J connectivity index is 2.01. The van der Waals surface area contributed by atoms with Crippen molar-refractivity contribution in [3.8, 4) is 0 Å². The molecule has 28 heavy (non-hydrogen) atoms. The highest BCUT2D eigenvalue weighted by atomic mass is 19.4. The van der Waals surface area contributed by atoms with Crippen LogP contribution in [0, 0.1) is 11.8 Å². The number of carboxylic acids is 1. The first-order valence-electron chi connectivity index (χ1n) is 9.12. The van der Waals surface area contributed by atoms with E-state index in [2.05, 4.69) is 0 Å². The molecule has 1 aromatic rings. The number of anilines is 1. The van der Waals surface area contributed by atoms with Crippen LogP contribution < -0.4 is 4.90 Å². The molecule has 1 fully saturated rings. The van der Waals surface area contributed by atoms with Gasteiger partial charge in [0, 0.05) is 31.9 Å². The molecule has 0 unspecified atom stereocenters. The normalized spacial score (nSPS) is 17.5. The van der Waals surface area contributed by atoms with Gasteiger partial charge in [-0.25, -0.2) is 4.79 Å². The number of carbonyl (C=O) groups is 2. The molecule has 2 atom stereocenters. The van der Waals surface area contributed by atoms with Gasteiger partial charge in [0.05, 0.1) is 11.5 Å². The van der Waals surface area contributed by atoms with Crippen molar-refractivity contribution in [3.05, 3.63) is 29.8 Å². The lowest BCUT2D eigenvalue weighted by Crippen LogP contribution is -2.52. The Hall–Kier alpha value is -2.29. The molecule has 1 aliphatic rings. The average molecular weight is 402 g/mol. The molecule has 0 spiro atoms. The lowest BCUT2D eigenvalue weighted by molar-refractivity contribution is -0.157. The zero-order valence-electron chi connectivity index (χ0n) is 15.8. The second kappa shape index (κ2) is 8.81. The third-order valence-electron chi connectivity index (χ3n) is 4.83. The monoisotopic (exact) mass is 402 g/mol. The Bertz CT molecular complexity index is 683. The van der Waals surface area contributed by atoms with Crippen molar-refractivity contribution in [2.24, 2.45) is 11.8 Å². The van der Waals surface area contributed by atoms with Gasteiger partial charge in [-0.2, -0.15) is 13.2 Å². The lowest BCUT2D eigenvalue weighted by Gasteiger charge is -2.38. The highest BCUT2D eigenvalue weighted by Crippen LogP contribution is 2.31. The third-order valence-corrected chi connectivity index (χ3v) is 4.83. The van der Waals surface area contributed by atoms with Crippen LogP contribution in [0.3, 0.4) is 0 Å². The molecule has 6 nitrogen and oxygen atoms in total. The topological polar surface area (TPSA) is 81.1 Å². The number of halogens is 3. The predicted molar refractivity (Wildman–Crippen MR) is 96.8 cm³/mol. The molecule has 1 aromatic carbocycles. The van der Waals surface area contributed by atoms with Gasteiger partial charge in [-0.05, 0) is 36.6 Å². The molecule has 9 heteroatoms. The van der Waals surface area contributed by atoms with Crippen LogP contribution in [0.5, 0.6) is 0 Å². The third kappa shape index (κ3) is 5.37. The highest BCUT2D eigenvalue weighted by molar-refractivity contribution is 5.86. The van der Waals surface area contributed by atoms with Gasteiger partial charge < -0.3 is 20.0 Å². The molecule has 0 aromatic heterocycles. The van der Waals surface area contributed by atoms with Crippen LogP contribution in [0.25, 0.3) is 0 Å². The van der Waals surface area contributed by atoms with Crippen LogP contribution in [0.4, 0.5) is 18.9 Å². The number of aliphatic hydroxyl groups is 1. The van der Waals surface area contributed by atoms with E-state index in [-0.39, 0.29) is 12.3 Å². The molecule has 1 saturated heterocycles. The predicted octanol–water partition coefficient (Wildman–Crippen LogP) is 2.46. The fourth-order valence-electron chi connectivity index (χ4n) is 3.33. The van der Waals surface area contributed by atoms with E-state index in [1.54, 1.807) is 0 Å². The van der Waals surface area contributed by atoms with Crippen molar-refractivity contribution in [3.63, 3.8) is 0 Å². The van der Waals surface area contributed by atoms with Gasteiger partial charge in [0.1, 0.15) is 0 Å². The summed E-state index contributed by atoms with van der Waals surface area (Å²) in [6.07, 6.45) is -5.89. The average Bonchev–Trinajstić information content (AvgIpc) is 2.64. The number of carboxylic acid groups (broad SMARTS) is 1. The first-order chi connectivity index (χ1) is 13.0. The van der Waals surface area contributed by atoms with Crippen LogP contribution in [-0.4, -0.2) is 59.3 Å². The van der Waals surface area contributed by atoms with Gasteiger partial charge in [-0.1, -0.05) is 13.8 Å². The van der Waals surface area contributed by atoms with Crippen LogP contribution in [0.2, 0.25) is 0 Å². The van der Waals surface area contributed by atoms with Gasteiger partial charge >= 0.3 is 12.1 Å². The Morgan fingerprint density at radius 3 is 2.04 bits per heavy atom. The molecule has 2 rings (SSSR count). The number of alkyl halides is 3. The summed E-state index contributed by atoms with van der Waals surface area (Å²) in [5.74, 6) is -2.82. The maximum Gasteiger partial charge on any atom is 0.416 e. The summed E-state index contributed by atoms with van der Waals surface area (Å²) in [4.78, 5) is 27.3. The maximum absolute atomic E-state index is 12.7. The fourth-order valence-corrected chi connectivity index (χ4v) is 3.33. The summed E-state index contributed by atoms with van der Waals surface area (Å²) in [5.41, 5.74) is -0.0892. The largest absolute Gasteiger partial charge is 0.479 e. The molecule has 0 saturated carbocycles. The number of aliphatic hydroxyl groups excluding tert-OH is 1. The summed E-state index contributed by atoms with van der Waals surface area (Å²) in [5, 5.41) is 19.0. The maximum atomic E-state index is 12.7. The first-order valence-corrected chi connectivity index (χ1v) is 9.12. The second-order valence-corrected chi connectivity index (χ2v) is 7.38. The van der Waals surface area contributed by atoms with E-state index in [1.165, 1.54) is 17.0 Å². The van der Waals surface area contributed by atoms with Gasteiger partial charge in [0.15, 0.2) is 6.10 Å². The van der Waals surface area contributed by atoms with E-state index < -0.39 is 35.6 Å². The summed E-state index contributed by atoms with van der Waals surface area (Å²) >= 11 is 0. The molecule has 1 amide bonds. The number of carbonyl (C=O) groups excluding carboxylic acids is 1. The summed E-state index contributed by atoms with van der Waals surface area (Å²) in [6.45, 7) is 5.12. The Labute approximate surface area is 161 Å². The second-order valence-electron chi connectivity index (χ2n) is 7.38. The van der Waals surface area contributed by atoms with Gasteiger partial charge in [0.25, 0.3) is 0 Å². The van der Waals surface area contributed by atoms with Crippen molar-refractivity contribution in [2.45, 2.75) is 32.5 Å². The molecule has 1 aliphatic heterocycles. The molecule has 1 heterocycles. The van der Waals surface area contributed by atoms with E-state index in [1.807, 2.05) is 18.7 Å². The fraction of sp³-hybridized carbons (Fsp3) is 0.579. The minimum Gasteiger partial charge on any atom is -0.479 e. The van der Waals surface area contributed by atoms with Crippen molar-refractivity contribution >= 4 is 17.6 Å². The number of hydrogen-bond acceptors (Lipinski definition) is 4. The first kappa shape index (κ1) is 22.0. The van der Waals surface area contributed by atoms with Crippen LogP contribution >= 0.6 is 0 Å². The molecule has 156 valence electrons. The minimum absolute atomic E-state index is 0.0383. The quantitative estimate of drug-likeness (QED) is 0.764. The standard InChI is InChI=1S/C19H25F3N2O4/c1-12(2)11-15(16(25)18(27)28)17(26)24-9-7-23(8-10-24)14-5-3-13(4-6-14)19(20,21)22/h3-6,12,15-16,25H,7-11H2,1-2H3,(H,27,28)/t15-,16+/m0/s1.